The maximum Gasteiger partial charge on any atom is 0.0724 e. The van der Waals surface area contributed by atoms with Crippen molar-refractivity contribution in [3.63, 3.8) is 0 Å². The van der Waals surface area contributed by atoms with Crippen molar-refractivity contribution in [1.29, 1.82) is 0 Å². The highest BCUT2D eigenvalue weighted by molar-refractivity contribution is 6.31. The Balaban J connectivity index is 2.37. The molecule has 2 aromatic rings. The molecule has 0 aliphatic heterocycles. The first-order valence-electron chi connectivity index (χ1n) is 6.55. The van der Waals surface area contributed by atoms with Crippen LogP contribution in [0, 0.1) is 0 Å². The fraction of sp³-hybridized carbons (Fsp3) is 0.250. The molecule has 19 heavy (non-hydrogen) atoms. The molecule has 0 heterocycles. The average molecular weight is 275 g/mol. The molecule has 2 aromatic carbocycles. The highest BCUT2D eigenvalue weighted by Crippen LogP contribution is 2.28. The number of benzene rings is 2. The summed E-state index contributed by atoms with van der Waals surface area (Å²) in [4.78, 5) is 0. The minimum Gasteiger partial charge on any atom is -0.271 e. The second-order valence-electron chi connectivity index (χ2n) is 4.62. The van der Waals surface area contributed by atoms with Crippen LogP contribution in [0.4, 0.5) is 0 Å². The second kappa shape index (κ2) is 6.71. The molecule has 0 aliphatic carbocycles. The Kier molecular flexibility index (Phi) is 4.97. The molecule has 0 saturated carbocycles. The van der Waals surface area contributed by atoms with Gasteiger partial charge >= 0.3 is 0 Å². The summed E-state index contributed by atoms with van der Waals surface area (Å²) in [6.07, 6.45) is 2.21. The molecule has 2 nitrogen and oxygen atoms in total. The highest BCUT2D eigenvalue weighted by Gasteiger charge is 2.15. The standard InChI is InChI=1S/C16H19ClN2/c1-2-6-12-7-5-8-13(11-12)16(19-18)14-9-3-4-10-15(14)17/h3-5,7-11,16,19H,2,6,18H2,1H3. The third kappa shape index (κ3) is 3.35. The lowest BCUT2D eigenvalue weighted by Crippen LogP contribution is -2.29. The first-order chi connectivity index (χ1) is 9.26. The SMILES string of the molecule is CCCc1cccc(C(NN)c2ccccc2Cl)c1. The largest absolute Gasteiger partial charge is 0.271 e. The number of nitrogens with two attached hydrogens (primary N) is 1. The zero-order chi connectivity index (χ0) is 13.7. The summed E-state index contributed by atoms with van der Waals surface area (Å²) < 4.78 is 0. The maximum absolute atomic E-state index is 6.25. The molecule has 1 unspecified atom stereocenters. The van der Waals surface area contributed by atoms with E-state index in [1.807, 2.05) is 24.3 Å². The normalized spacial score (nSPS) is 12.4. The van der Waals surface area contributed by atoms with Crippen molar-refractivity contribution in [3.8, 4) is 0 Å². The van der Waals surface area contributed by atoms with Crippen molar-refractivity contribution in [3.05, 3.63) is 70.2 Å². The third-order valence-electron chi connectivity index (χ3n) is 3.21. The van der Waals surface area contributed by atoms with Gasteiger partial charge in [0.25, 0.3) is 0 Å². The van der Waals surface area contributed by atoms with Crippen molar-refractivity contribution in [2.24, 2.45) is 5.84 Å². The van der Waals surface area contributed by atoms with Gasteiger partial charge in [-0.15, -0.1) is 0 Å². The van der Waals surface area contributed by atoms with Crippen molar-refractivity contribution < 1.29 is 0 Å². The Morgan fingerprint density at radius 2 is 1.95 bits per heavy atom. The van der Waals surface area contributed by atoms with Crippen LogP contribution in [0.15, 0.2) is 48.5 Å². The Labute approximate surface area is 119 Å². The zero-order valence-electron chi connectivity index (χ0n) is 11.1. The molecule has 0 fully saturated rings. The molecule has 0 saturated heterocycles. The van der Waals surface area contributed by atoms with E-state index in [-0.39, 0.29) is 6.04 Å². The Hall–Kier alpha value is -1.35. The van der Waals surface area contributed by atoms with Crippen LogP contribution in [-0.2, 0) is 6.42 Å². The first kappa shape index (κ1) is 14.1. The number of rotatable bonds is 5. The van der Waals surface area contributed by atoms with Crippen LogP contribution in [0.3, 0.4) is 0 Å². The number of hydrazine groups is 1. The van der Waals surface area contributed by atoms with Gasteiger partial charge in [0.1, 0.15) is 0 Å². The predicted molar refractivity (Wildman–Crippen MR) is 81.1 cm³/mol. The van der Waals surface area contributed by atoms with Gasteiger partial charge in [0.15, 0.2) is 0 Å². The molecule has 0 amide bonds. The van der Waals surface area contributed by atoms with E-state index in [1.165, 1.54) is 5.56 Å². The number of nitrogens with one attached hydrogen (secondary N) is 1. The van der Waals surface area contributed by atoms with Crippen LogP contribution >= 0.6 is 11.6 Å². The molecule has 0 bridgehead atoms. The summed E-state index contributed by atoms with van der Waals surface area (Å²) in [6, 6.07) is 16.2. The fourth-order valence-electron chi connectivity index (χ4n) is 2.29. The monoisotopic (exact) mass is 274 g/mol. The molecule has 0 aromatic heterocycles. The lowest BCUT2D eigenvalue weighted by molar-refractivity contribution is 0.636. The van der Waals surface area contributed by atoms with E-state index in [2.05, 4.69) is 36.6 Å². The number of hydrogen-bond donors (Lipinski definition) is 2. The molecule has 2 rings (SSSR count). The summed E-state index contributed by atoms with van der Waals surface area (Å²) in [5.41, 5.74) is 6.33. The van der Waals surface area contributed by atoms with Gasteiger partial charge in [-0.05, 0) is 29.2 Å². The molecule has 0 radical (unpaired) electrons. The van der Waals surface area contributed by atoms with E-state index in [0.717, 1.165) is 29.0 Å². The van der Waals surface area contributed by atoms with Gasteiger partial charge in [0, 0.05) is 5.02 Å². The Morgan fingerprint density at radius 1 is 1.16 bits per heavy atom. The van der Waals surface area contributed by atoms with Crippen molar-refractivity contribution in [2.45, 2.75) is 25.8 Å². The van der Waals surface area contributed by atoms with Gasteiger partial charge in [-0.3, -0.25) is 5.84 Å². The third-order valence-corrected chi connectivity index (χ3v) is 3.55. The van der Waals surface area contributed by atoms with Crippen LogP contribution in [0.5, 0.6) is 0 Å². The minimum absolute atomic E-state index is 0.0782. The number of hydrogen-bond acceptors (Lipinski definition) is 2. The van der Waals surface area contributed by atoms with E-state index in [0.29, 0.717) is 0 Å². The lowest BCUT2D eigenvalue weighted by Gasteiger charge is -2.19. The Morgan fingerprint density at radius 3 is 2.63 bits per heavy atom. The van der Waals surface area contributed by atoms with E-state index in [1.54, 1.807) is 0 Å². The van der Waals surface area contributed by atoms with Gasteiger partial charge in [-0.1, -0.05) is 67.4 Å². The smallest absolute Gasteiger partial charge is 0.0724 e. The number of aryl methyl sites for hydroxylation is 1. The van der Waals surface area contributed by atoms with Gasteiger partial charge in [-0.25, -0.2) is 5.43 Å². The highest BCUT2D eigenvalue weighted by atomic mass is 35.5. The van der Waals surface area contributed by atoms with E-state index in [9.17, 15) is 0 Å². The molecule has 1 atom stereocenters. The van der Waals surface area contributed by atoms with Gasteiger partial charge in [0.05, 0.1) is 6.04 Å². The molecule has 0 spiro atoms. The zero-order valence-corrected chi connectivity index (χ0v) is 11.8. The fourth-order valence-corrected chi connectivity index (χ4v) is 2.54. The molecular weight excluding hydrogens is 256 g/mol. The Bertz CT molecular complexity index is 540. The van der Waals surface area contributed by atoms with Crippen LogP contribution in [0.25, 0.3) is 0 Å². The quantitative estimate of drug-likeness (QED) is 0.642. The maximum atomic E-state index is 6.25. The van der Waals surface area contributed by atoms with Crippen LogP contribution in [0.1, 0.15) is 36.1 Å². The van der Waals surface area contributed by atoms with Gasteiger partial charge in [-0.2, -0.15) is 0 Å². The molecule has 100 valence electrons. The molecular formula is C16H19ClN2. The topological polar surface area (TPSA) is 38.0 Å². The van der Waals surface area contributed by atoms with Crippen LogP contribution in [0.2, 0.25) is 5.02 Å². The van der Waals surface area contributed by atoms with Gasteiger partial charge < -0.3 is 0 Å². The second-order valence-corrected chi connectivity index (χ2v) is 5.02. The summed E-state index contributed by atoms with van der Waals surface area (Å²) in [5, 5.41) is 0.728. The first-order valence-corrected chi connectivity index (χ1v) is 6.93. The summed E-state index contributed by atoms with van der Waals surface area (Å²) in [5.74, 6) is 5.72. The van der Waals surface area contributed by atoms with E-state index in [4.69, 9.17) is 17.4 Å². The van der Waals surface area contributed by atoms with Crippen LogP contribution < -0.4 is 11.3 Å². The number of halogens is 1. The molecule has 3 N–H and O–H groups in total. The van der Waals surface area contributed by atoms with Crippen molar-refractivity contribution >= 4 is 11.6 Å². The average Bonchev–Trinajstić information content (AvgIpc) is 2.43. The lowest BCUT2D eigenvalue weighted by atomic mass is 9.96. The molecule has 0 aliphatic rings. The van der Waals surface area contributed by atoms with E-state index >= 15 is 0 Å². The van der Waals surface area contributed by atoms with Crippen molar-refractivity contribution in [1.82, 2.24) is 5.43 Å². The van der Waals surface area contributed by atoms with E-state index < -0.39 is 0 Å². The van der Waals surface area contributed by atoms with Gasteiger partial charge in [0.2, 0.25) is 0 Å². The summed E-state index contributed by atoms with van der Waals surface area (Å²) >= 11 is 6.25. The van der Waals surface area contributed by atoms with Crippen LogP contribution in [-0.4, -0.2) is 0 Å². The predicted octanol–water partition coefficient (Wildman–Crippen LogP) is 3.85. The molecule has 3 heteroatoms. The van der Waals surface area contributed by atoms with Crippen molar-refractivity contribution in [2.75, 3.05) is 0 Å². The summed E-state index contributed by atoms with van der Waals surface area (Å²) in [6.45, 7) is 2.18. The minimum atomic E-state index is -0.0782. The summed E-state index contributed by atoms with van der Waals surface area (Å²) in [7, 11) is 0.